The van der Waals surface area contributed by atoms with Crippen molar-refractivity contribution in [3.63, 3.8) is 0 Å². The Morgan fingerprint density at radius 1 is 1.31 bits per heavy atom. The van der Waals surface area contributed by atoms with Crippen molar-refractivity contribution in [2.75, 3.05) is 20.0 Å². The summed E-state index contributed by atoms with van der Waals surface area (Å²) in [7, 11) is 1.75. The van der Waals surface area contributed by atoms with Crippen LogP contribution in [0.3, 0.4) is 0 Å². The maximum atomic E-state index is 5.15. The third kappa shape index (κ3) is 4.56. The van der Waals surface area contributed by atoms with Crippen LogP contribution in [0.15, 0.2) is 29.2 Å². The molecule has 16 heavy (non-hydrogen) atoms. The molecule has 0 aliphatic heterocycles. The summed E-state index contributed by atoms with van der Waals surface area (Å²) in [5.74, 6) is 0. The summed E-state index contributed by atoms with van der Waals surface area (Å²) in [5.41, 5.74) is 1.33. The van der Waals surface area contributed by atoms with Gasteiger partial charge in [0.15, 0.2) is 0 Å². The van der Waals surface area contributed by atoms with E-state index in [0.29, 0.717) is 6.04 Å². The van der Waals surface area contributed by atoms with Gasteiger partial charge in [0.05, 0.1) is 6.61 Å². The van der Waals surface area contributed by atoms with Crippen molar-refractivity contribution >= 4 is 11.8 Å². The lowest BCUT2D eigenvalue weighted by Crippen LogP contribution is -2.31. The summed E-state index contributed by atoms with van der Waals surface area (Å²) < 4.78 is 5.15. The molecule has 3 heteroatoms. The van der Waals surface area contributed by atoms with Crippen LogP contribution in [0.1, 0.15) is 18.9 Å². The number of nitrogens with one attached hydrogen (secondary N) is 1. The van der Waals surface area contributed by atoms with Crippen LogP contribution < -0.4 is 5.32 Å². The molecule has 1 atom stereocenters. The zero-order valence-corrected chi connectivity index (χ0v) is 11.1. The molecule has 0 aliphatic carbocycles. The van der Waals surface area contributed by atoms with E-state index in [0.717, 1.165) is 19.6 Å². The Kier molecular flexibility index (Phi) is 6.53. The molecule has 1 rings (SSSR count). The van der Waals surface area contributed by atoms with Crippen LogP contribution in [-0.2, 0) is 11.3 Å². The second-order valence-corrected chi connectivity index (χ2v) is 4.67. The Morgan fingerprint density at radius 2 is 2.00 bits per heavy atom. The highest BCUT2D eigenvalue weighted by molar-refractivity contribution is 7.98. The fourth-order valence-corrected chi connectivity index (χ4v) is 1.94. The maximum Gasteiger partial charge on any atom is 0.0615 e. The molecule has 0 aromatic heterocycles. The van der Waals surface area contributed by atoms with E-state index in [-0.39, 0.29) is 0 Å². The average Bonchev–Trinajstić information content (AvgIpc) is 2.35. The van der Waals surface area contributed by atoms with Gasteiger partial charge in [-0.25, -0.2) is 0 Å². The number of ether oxygens (including phenoxy) is 1. The first-order valence-corrected chi connectivity index (χ1v) is 6.87. The molecule has 0 spiro atoms. The van der Waals surface area contributed by atoms with E-state index < -0.39 is 0 Å². The van der Waals surface area contributed by atoms with Crippen LogP contribution in [0.5, 0.6) is 0 Å². The molecule has 2 nitrogen and oxygen atoms in total. The highest BCUT2D eigenvalue weighted by Crippen LogP contribution is 2.14. The lowest BCUT2D eigenvalue weighted by molar-refractivity contribution is 0.164. The summed E-state index contributed by atoms with van der Waals surface area (Å²) in [6.07, 6.45) is 3.19. The zero-order chi connectivity index (χ0) is 11.8. The molecule has 1 aromatic carbocycles. The molecule has 0 heterocycles. The van der Waals surface area contributed by atoms with Gasteiger partial charge in [0.2, 0.25) is 0 Å². The highest BCUT2D eigenvalue weighted by atomic mass is 32.2. The normalized spacial score (nSPS) is 12.7. The Labute approximate surface area is 103 Å². The van der Waals surface area contributed by atoms with Crippen molar-refractivity contribution in [3.05, 3.63) is 29.8 Å². The molecular formula is C13H21NOS. The van der Waals surface area contributed by atoms with Crippen LogP contribution in [0.4, 0.5) is 0 Å². The third-order valence-electron chi connectivity index (χ3n) is 2.61. The number of hydrogen-bond donors (Lipinski definition) is 1. The molecule has 0 bridgehead atoms. The standard InChI is InChI=1S/C13H21NOS/c1-4-12(10-15-2)14-9-11-5-7-13(16-3)8-6-11/h5-8,12,14H,4,9-10H2,1-3H3. The molecule has 0 amide bonds. The Balaban J connectivity index is 2.40. The smallest absolute Gasteiger partial charge is 0.0615 e. The van der Waals surface area contributed by atoms with Gasteiger partial charge in [-0.1, -0.05) is 19.1 Å². The lowest BCUT2D eigenvalue weighted by atomic mass is 10.2. The van der Waals surface area contributed by atoms with Gasteiger partial charge in [0, 0.05) is 24.6 Å². The third-order valence-corrected chi connectivity index (χ3v) is 3.36. The number of thioether (sulfide) groups is 1. The average molecular weight is 239 g/mol. The second-order valence-electron chi connectivity index (χ2n) is 3.79. The predicted molar refractivity (Wildman–Crippen MR) is 71.0 cm³/mol. The lowest BCUT2D eigenvalue weighted by Gasteiger charge is -2.15. The van der Waals surface area contributed by atoms with Crippen molar-refractivity contribution in [1.29, 1.82) is 0 Å². The van der Waals surface area contributed by atoms with Gasteiger partial charge in [-0.05, 0) is 30.4 Å². The van der Waals surface area contributed by atoms with Crippen LogP contribution in [0, 0.1) is 0 Å². The summed E-state index contributed by atoms with van der Waals surface area (Å²) in [6, 6.07) is 9.14. The summed E-state index contributed by atoms with van der Waals surface area (Å²) in [5, 5.41) is 3.49. The van der Waals surface area contributed by atoms with E-state index in [2.05, 4.69) is 42.8 Å². The quantitative estimate of drug-likeness (QED) is 0.739. The van der Waals surface area contributed by atoms with Crippen molar-refractivity contribution < 1.29 is 4.74 Å². The monoisotopic (exact) mass is 239 g/mol. The minimum Gasteiger partial charge on any atom is -0.383 e. The Hall–Kier alpha value is -0.510. The molecule has 0 saturated carbocycles. The summed E-state index contributed by atoms with van der Waals surface area (Å²) in [6.45, 7) is 3.86. The van der Waals surface area contributed by atoms with E-state index >= 15 is 0 Å². The molecule has 0 radical (unpaired) electrons. The molecule has 0 aliphatic rings. The van der Waals surface area contributed by atoms with Gasteiger partial charge < -0.3 is 10.1 Å². The first kappa shape index (κ1) is 13.6. The molecule has 0 fully saturated rings. The van der Waals surface area contributed by atoms with Crippen molar-refractivity contribution in [2.24, 2.45) is 0 Å². The first-order valence-electron chi connectivity index (χ1n) is 5.65. The molecule has 0 saturated heterocycles. The van der Waals surface area contributed by atoms with Crippen molar-refractivity contribution in [2.45, 2.75) is 30.8 Å². The van der Waals surface area contributed by atoms with Crippen molar-refractivity contribution in [3.8, 4) is 0 Å². The minimum atomic E-state index is 0.449. The molecule has 1 unspecified atom stereocenters. The van der Waals surface area contributed by atoms with Crippen molar-refractivity contribution in [1.82, 2.24) is 5.32 Å². The summed E-state index contributed by atoms with van der Waals surface area (Å²) >= 11 is 1.77. The van der Waals surface area contributed by atoms with Crippen LogP contribution in [-0.4, -0.2) is 26.0 Å². The van der Waals surface area contributed by atoms with Crippen LogP contribution >= 0.6 is 11.8 Å². The fourth-order valence-electron chi connectivity index (χ4n) is 1.53. The van der Waals surface area contributed by atoms with Crippen LogP contribution in [0.25, 0.3) is 0 Å². The van der Waals surface area contributed by atoms with Crippen LogP contribution in [0.2, 0.25) is 0 Å². The van der Waals surface area contributed by atoms with Gasteiger partial charge in [0.1, 0.15) is 0 Å². The van der Waals surface area contributed by atoms with E-state index in [4.69, 9.17) is 4.74 Å². The highest BCUT2D eigenvalue weighted by Gasteiger charge is 2.04. The SMILES string of the molecule is CCC(COC)NCc1ccc(SC)cc1. The molecule has 1 aromatic rings. The topological polar surface area (TPSA) is 21.3 Å². The number of rotatable bonds is 7. The van der Waals surface area contributed by atoms with E-state index in [1.807, 2.05) is 0 Å². The van der Waals surface area contributed by atoms with Gasteiger partial charge in [-0.15, -0.1) is 11.8 Å². The summed E-state index contributed by atoms with van der Waals surface area (Å²) in [4.78, 5) is 1.31. The van der Waals surface area contributed by atoms with E-state index in [1.54, 1.807) is 18.9 Å². The minimum absolute atomic E-state index is 0.449. The second kappa shape index (κ2) is 7.71. The first-order chi connectivity index (χ1) is 7.80. The van der Waals surface area contributed by atoms with Gasteiger partial charge in [-0.3, -0.25) is 0 Å². The maximum absolute atomic E-state index is 5.15. The Morgan fingerprint density at radius 3 is 2.50 bits per heavy atom. The zero-order valence-electron chi connectivity index (χ0n) is 10.3. The molecule has 90 valence electrons. The predicted octanol–water partition coefficient (Wildman–Crippen LogP) is 2.92. The van der Waals surface area contributed by atoms with Gasteiger partial charge in [0.25, 0.3) is 0 Å². The van der Waals surface area contributed by atoms with E-state index in [1.165, 1.54) is 10.5 Å². The number of hydrogen-bond acceptors (Lipinski definition) is 3. The van der Waals surface area contributed by atoms with E-state index in [9.17, 15) is 0 Å². The fraction of sp³-hybridized carbons (Fsp3) is 0.538. The number of benzene rings is 1. The van der Waals surface area contributed by atoms with Gasteiger partial charge >= 0.3 is 0 Å². The Bertz CT molecular complexity index is 286. The largest absolute Gasteiger partial charge is 0.383 e. The van der Waals surface area contributed by atoms with Gasteiger partial charge in [-0.2, -0.15) is 0 Å². The molecular weight excluding hydrogens is 218 g/mol. The number of methoxy groups -OCH3 is 1. The molecule has 1 N–H and O–H groups in total.